The number of amides is 1. The van der Waals surface area contributed by atoms with Gasteiger partial charge in [-0.25, -0.2) is 0 Å². The quantitative estimate of drug-likeness (QED) is 0.611. The maximum atomic E-state index is 12.9. The van der Waals surface area contributed by atoms with Gasteiger partial charge in [-0.05, 0) is 35.2 Å². The lowest BCUT2D eigenvalue weighted by atomic mass is 9.99. The maximum Gasteiger partial charge on any atom is 0.416 e. The van der Waals surface area contributed by atoms with Gasteiger partial charge in [-0.3, -0.25) is 19.7 Å². The number of alkyl halides is 3. The lowest BCUT2D eigenvalue weighted by Gasteiger charge is -2.27. The number of rotatable bonds is 7. The van der Waals surface area contributed by atoms with Gasteiger partial charge >= 0.3 is 6.18 Å². The number of fused-ring (bicyclic) bond motifs is 1. The van der Waals surface area contributed by atoms with E-state index in [0.717, 1.165) is 29.0 Å². The summed E-state index contributed by atoms with van der Waals surface area (Å²) >= 11 is 0. The molecule has 33 heavy (non-hydrogen) atoms. The van der Waals surface area contributed by atoms with Crippen LogP contribution in [0.3, 0.4) is 0 Å². The number of carbonyl (C=O) groups is 1. The monoisotopic (exact) mass is 459 g/mol. The van der Waals surface area contributed by atoms with Crippen molar-refractivity contribution < 1.29 is 18.0 Å². The third kappa shape index (κ3) is 5.78. The fourth-order valence-corrected chi connectivity index (χ4v) is 4.05. The Morgan fingerprint density at radius 2 is 2.03 bits per heavy atom. The second-order valence-corrected chi connectivity index (χ2v) is 8.37. The number of nitrogens with two attached hydrogens (primary N) is 1. The molecule has 0 radical (unpaired) electrons. The summed E-state index contributed by atoms with van der Waals surface area (Å²) in [5.74, 6) is -0.0325. The first-order valence-electron chi connectivity index (χ1n) is 10.6. The fourth-order valence-electron chi connectivity index (χ4n) is 4.05. The van der Waals surface area contributed by atoms with Gasteiger partial charge in [-0.15, -0.1) is 0 Å². The van der Waals surface area contributed by atoms with Gasteiger partial charge in [0.2, 0.25) is 0 Å². The van der Waals surface area contributed by atoms with Crippen LogP contribution in [0.25, 0.3) is 0 Å². The van der Waals surface area contributed by atoms with Crippen molar-refractivity contribution >= 4 is 12.1 Å². The first kappa shape index (κ1) is 24.4. The number of nitrogens with zero attached hydrogens (tertiary/aromatic N) is 3. The van der Waals surface area contributed by atoms with E-state index >= 15 is 0 Å². The van der Waals surface area contributed by atoms with Gasteiger partial charge in [0.05, 0.1) is 22.9 Å². The average Bonchev–Trinajstić information content (AvgIpc) is 3.13. The van der Waals surface area contributed by atoms with Crippen molar-refractivity contribution in [2.24, 2.45) is 16.6 Å². The molecule has 1 aromatic carbocycles. The van der Waals surface area contributed by atoms with E-state index in [4.69, 9.17) is 5.73 Å². The summed E-state index contributed by atoms with van der Waals surface area (Å²) in [6.07, 6.45) is 0.174. The molecule has 2 aromatic rings. The summed E-state index contributed by atoms with van der Waals surface area (Å²) in [5.41, 5.74) is 8.63. The minimum Gasteiger partial charge on any atom is -0.404 e. The second-order valence-electron chi connectivity index (χ2n) is 8.37. The molecule has 1 amide bonds. The summed E-state index contributed by atoms with van der Waals surface area (Å²) in [7, 11) is 1.62. The number of pyridine rings is 1. The van der Waals surface area contributed by atoms with E-state index in [1.54, 1.807) is 19.5 Å². The van der Waals surface area contributed by atoms with Crippen LogP contribution in [0.5, 0.6) is 0 Å². The number of hydrogen-bond donors (Lipinski definition) is 2. The van der Waals surface area contributed by atoms with Crippen molar-refractivity contribution in [2.75, 3.05) is 13.6 Å². The van der Waals surface area contributed by atoms with E-state index in [1.807, 2.05) is 6.07 Å². The highest BCUT2D eigenvalue weighted by atomic mass is 19.4. The molecule has 2 heterocycles. The first-order chi connectivity index (χ1) is 15.6. The Hall–Kier alpha value is -3.20. The number of aliphatic imine (C=N–C) groups is 1. The van der Waals surface area contributed by atoms with Crippen molar-refractivity contribution in [3.05, 3.63) is 76.2 Å². The summed E-state index contributed by atoms with van der Waals surface area (Å²) in [6.45, 7) is 5.46. The summed E-state index contributed by atoms with van der Waals surface area (Å²) in [5, 5.41) is 2.80. The normalized spacial score (nSPS) is 17.1. The molecule has 176 valence electrons. The SMILES string of the molecule is CN=CC(=CN)CNC(=O)c1cnc2c(c1)CN(Cc1ccc(C(F)(F)F)cc1)[C@H]2C(C)C. The Morgan fingerprint density at radius 1 is 1.33 bits per heavy atom. The zero-order chi connectivity index (χ0) is 24.2. The van der Waals surface area contributed by atoms with Gasteiger partial charge in [-0.1, -0.05) is 26.0 Å². The average molecular weight is 460 g/mol. The number of carbonyl (C=O) groups excluding carboxylic acids is 1. The Labute approximate surface area is 191 Å². The maximum absolute atomic E-state index is 12.9. The van der Waals surface area contributed by atoms with Gasteiger partial charge in [0.25, 0.3) is 5.91 Å². The topological polar surface area (TPSA) is 83.6 Å². The van der Waals surface area contributed by atoms with Gasteiger partial charge in [-0.2, -0.15) is 13.2 Å². The van der Waals surface area contributed by atoms with Crippen LogP contribution in [-0.2, 0) is 19.3 Å². The largest absolute Gasteiger partial charge is 0.416 e. The first-order valence-corrected chi connectivity index (χ1v) is 10.6. The third-order valence-corrected chi connectivity index (χ3v) is 5.57. The zero-order valence-corrected chi connectivity index (χ0v) is 18.9. The predicted molar refractivity (Wildman–Crippen MR) is 122 cm³/mol. The summed E-state index contributed by atoms with van der Waals surface area (Å²) in [4.78, 5) is 23.3. The predicted octanol–water partition coefficient (Wildman–Crippen LogP) is 4.09. The lowest BCUT2D eigenvalue weighted by Crippen LogP contribution is -2.26. The van der Waals surface area contributed by atoms with Crippen LogP contribution in [0.1, 0.15) is 52.6 Å². The highest BCUT2D eigenvalue weighted by Gasteiger charge is 2.35. The second kappa shape index (κ2) is 10.2. The molecule has 1 aromatic heterocycles. The molecule has 1 aliphatic heterocycles. The van der Waals surface area contributed by atoms with Gasteiger partial charge in [0, 0.05) is 50.9 Å². The van der Waals surface area contributed by atoms with Crippen molar-refractivity contribution in [2.45, 2.75) is 39.2 Å². The molecule has 0 saturated heterocycles. The Morgan fingerprint density at radius 3 is 2.61 bits per heavy atom. The van der Waals surface area contributed by atoms with Crippen LogP contribution >= 0.6 is 0 Å². The molecule has 1 atom stereocenters. The molecular formula is C24H28F3N5O. The molecule has 0 saturated carbocycles. The fraction of sp³-hybridized carbons (Fsp3) is 0.375. The van der Waals surface area contributed by atoms with Crippen LogP contribution in [0.2, 0.25) is 0 Å². The highest BCUT2D eigenvalue weighted by Crippen LogP contribution is 2.39. The van der Waals surface area contributed by atoms with Gasteiger partial charge in [0.15, 0.2) is 0 Å². The molecule has 1 aliphatic rings. The van der Waals surface area contributed by atoms with Crippen molar-refractivity contribution in [1.29, 1.82) is 0 Å². The number of benzene rings is 1. The molecule has 3 N–H and O–H groups in total. The Balaban J connectivity index is 1.75. The van der Waals surface area contributed by atoms with Crippen LogP contribution in [0, 0.1) is 5.92 Å². The van der Waals surface area contributed by atoms with Gasteiger partial charge in [0.1, 0.15) is 0 Å². The number of hydrogen-bond acceptors (Lipinski definition) is 5. The van der Waals surface area contributed by atoms with E-state index < -0.39 is 11.7 Å². The molecule has 0 spiro atoms. The van der Waals surface area contributed by atoms with E-state index in [9.17, 15) is 18.0 Å². The van der Waals surface area contributed by atoms with Gasteiger partial charge < -0.3 is 11.1 Å². The Kier molecular flexibility index (Phi) is 7.53. The minimum atomic E-state index is -4.35. The van der Waals surface area contributed by atoms with Crippen LogP contribution in [0.4, 0.5) is 13.2 Å². The zero-order valence-electron chi connectivity index (χ0n) is 18.9. The van der Waals surface area contributed by atoms with Crippen molar-refractivity contribution in [3.8, 4) is 0 Å². The molecule has 0 aliphatic carbocycles. The van der Waals surface area contributed by atoms with Crippen LogP contribution in [-0.4, -0.2) is 35.6 Å². The van der Waals surface area contributed by atoms with E-state index in [0.29, 0.717) is 24.2 Å². The molecule has 0 fully saturated rings. The number of halogens is 3. The minimum absolute atomic E-state index is 0.00643. The van der Waals surface area contributed by atoms with Crippen LogP contribution in [0.15, 0.2) is 53.3 Å². The lowest BCUT2D eigenvalue weighted by molar-refractivity contribution is -0.137. The molecule has 6 nitrogen and oxygen atoms in total. The standard InChI is InChI=1S/C24H28F3N5O/c1-15(2)22-21-19(8-18(12-30-21)23(33)31-11-17(9-28)10-29-3)14-32(22)13-16-4-6-20(7-5-16)24(25,26)27/h4-10,12,15,22H,11,13-14,28H2,1-3H3,(H,31,33)/t22-/m0/s1. The molecule has 0 unspecified atom stereocenters. The molecular weight excluding hydrogens is 431 g/mol. The number of nitrogens with one attached hydrogen (secondary N) is 1. The third-order valence-electron chi connectivity index (χ3n) is 5.57. The van der Waals surface area contributed by atoms with Crippen LogP contribution < -0.4 is 11.1 Å². The molecule has 3 rings (SSSR count). The highest BCUT2D eigenvalue weighted by molar-refractivity contribution is 5.95. The summed E-state index contributed by atoms with van der Waals surface area (Å²) in [6, 6.07) is 7.08. The summed E-state index contributed by atoms with van der Waals surface area (Å²) < 4.78 is 38.6. The van der Waals surface area contributed by atoms with E-state index in [1.165, 1.54) is 18.3 Å². The smallest absolute Gasteiger partial charge is 0.404 e. The van der Waals surface area contributed by atoms with E-state index in [2.05, 4.69) is 34.0 Å². The molecule has 9 heteroatoms. The number of aromatic nitrogens is 1. The Bertz CT molecular complexity index is 1050. The molecule has 0 bridgehead atoms. The van der Waals surface area contributed by atoms with Crippen molar-refractivity contribution in [1.82, 2.24) is 15.2 Å². The van der Waals surface area contributed by atoms with E-state index in [-0.39, 0.29) is 24.4 Å². The van der Waals surface area contributed by atoms with Crippen molar-refractivity contribution in [3.63, 3.8) is 0 Å².